The average molecular weight is 646 g/mol. The molecule has 1 heterocycles. The van der Waals surface area contributed by atoms with Gasteiger partial charge in [0.2, 0.25) is 0 Å². The number of carbonyl (C=O) groups excluding carboxylic acids is 3. The molecule has 2 bridgehead atoms. The van der Waals surface area contributed by atoms with Gasteiger partial charge >= 0.3 is 0 Å². The van der Waals surface area contributed by atoms with Crippen molar-refractivity contribution in [3.63, 3.8) is 0 Å². The standard InChI is InChI=1S/C23H17Br2Cl2N3O5/c24-19-13-8-14(20(19)25)18-17(13)22(32)29(23(18)33)28(21(31)12-3-1-2-4-15(12)27)9-10-5-6-11(26)7-16(10)30(34)35/h1-7,13-14,17-20H,8-9H2/t13-,14-,17-,18+,19-,20+/m1/s1. The third-order valence-electron chi connectivity index (χ3n) is 7.11. The van der Waals surface area contributed by atoms with E-state index in [9.17, 15) is 24.5 Å². The van der Waals surface area contributed by atoms with E-state index in [0.717, 1.165) is 16.4 Å². The Kier molecular flexibility index (Phi) is 6.44. The summed E-state index contributed by atoms with van der Waals surface area (Å²) in [7, 11) is 0. The van der Waals surface area contributed by atoms with E-state index in [1.54, 1.807) is 12.1 Å². The van der Waals surface area contributed by atoms with Gasteiger partial charge in [0.05, 0.1) is 39.5 Å². The van der Waals surface area contributed by atoms with E-state index >= 15 is 0 Å². The van der Waals surface area contributed by atoms with E-state index in [4.69, 9.17) is 23.2 Å². The summed E-state index contributed by atoms with van der Waals surface area (Å²) >= 11 is 19.5. The van der Waals surface area contributed by atoms with E-state index in [-0.39, 0.29) is 54.9 Å². The highest BCUT2D eigenvalue weighted by atomic mass is 79.9. The molecule has 182 valence electrons. The number of nitro benzene ring substituents is 1. The predicted molar refractivity (Wildman–Crippen MR) is 135 cm³/mol. The first-order valence-corrected chi connectivity index (χ1v) is 13.4. The third-order valence-corrected chi connectivity index (χ3v) is 10.9. The fourth-order valence-corrected chi connectivity index (χ4v) is 7.84. The molecule has 1 saturated heterocycles. The van der Waals surface area contributed by atoms with Gasteiger partial charge in [-0.3, -0.25) is 24.5 Å². The molecule has 8 nitrogen and oxygen atoms in total. The molecule has 0 unspecified atom stereocenters. The highest BCUT2D eigenvalue weighted by Crippen LogP contribution is 2.60. The van der Waals surface area contributed by atoms with Crippen molar-refractivity contribution in [1.29, 1.82) is 0 Å². The van der Waals surface area contributed by atoms with Crippen LogP contribution in [-0.4, -0.2) is 42.3 Å². The van der Waals surface area contributed by atoms with E-state index in [1.807, 2.05) is 0 Å². The quantitative estimate of drug-likeness (QED) is 0.192. The zero-order valence-electron chi connectivity index (χ0n) is 17.8. The number of rotatable bonds is 5. The molecule has 0 radical (unpaired) electrons. The van der Waals surface area contributed by atoms with Crippen LogP contribution in [0.25, 0.3) is 0 Å². The number of alkyl halides is 2. The largest absolute Gasteiger partial charge is 0.275 e. The summed E-state index contributed by atoms with van der Waals surface area (Å²) in [5, 5.41) is 13.8. The minimum Gasteiger partial charge on any atom is -0.272 e. The molecule has 2 aliphatic carbocycles. The van der Waals surface area contributed by atoms with E-state index in [2.05, 4.69) is 31.9 Å². The zero-order valence-corrected chi connectivity index (χ0v) is 22.5. The normalized spacial score (nSPS) is 29.0. The summed E-state index contributed by atoms with van der Waals surface area (Å²) in [5.41, 5.74) is -0.129. The molecule has 3 fully saturated rings. The van der Waals surface area contributed by atoms with Gasteiger partial charge in [-0.15, -0.1) is 0 Å². The van der Waals surface area contributed by atoms with Crippen LogP contribution in [0, 0.1) is 33.8 Å². The first kappa shape index (κ1) is 24.7. The van der Waals surface area contributed by atoms with Crippen LogP contribution in [0.1, 0.15) is 22.3 Å². The van der Waals surface area contributed by atoms with Crippen molar-refractivity contribution in [1.82, 2.24) is 10.0 Å². The molecule has 2 aromatic rings. The van der Waals surface area contributed by atoms with Crippen LogP contribution in [0.3, 0.4) is 0 Å². The maximum Gasteiger partial charge on any atom is 0.275 e. The lowest BCUT2D eigenvalue weighted by molar-refractivity contribution is -0.385. The second kappa shape index (κ2) is 9.14. The fourth-order valence-electron chi connectivity index (χ4n) is 5.58. The molecule has 2 saturated carbocycles. The summed E-state index contributed by atoms with van der Waals surface area (Å²) in [6.45, 7) is -0.390. The highest BCUT2D eigenvalue weighted by molar-refractivity contribution is 9.12. The van der Waals surface area contributed by atoms with Crippen LogP contribution >= 0.6 is 55.1 Å². The Bertz CT molecular complexity index is 1250. The second-order valence-electron chi connectivity index (χ2n) is 8.86. The van der Waals surface area contributed by atoms with Crippen LogP contribution in [0.15, 0.2) is 42.5 Å². The Hall–Kier alpha value is -2.01. The number of fused-ring (bicyclic) bond motifs is 5. The first-order chi connectivity index (χ1) is 16.6. The Balaban J connectivity index is 1.58. The average Bonchev–Trinajstić information content (AvgIpc) is 3.43. The Morgan fingerprint density at radius 2 is 1.66 bits per heavy atom. The van der Waals surface area contributed by atoms with Gasteiger partial charge in [-0.1, -0.05) is 67.2 Å². The number of amides is 3. The van der Waals surface area contributed by atoms with Crippen LogP contribution in [0.4, 0.5) is 5.69 Å². The van der Waals surface area contributed by atoms with Crippen LogP contribution in [0.5, 0.6) is 0 Å². The molecular weight excluding hydrogens is 629 g/mol. The number of hydrazine groups is 1. The van der Waals surface area contributed by atoms with Crippen molar-refractivity contribution in [2.75, 3.05) is 0 Å². The number of halogens is 4. The second-order valence-corrected chi connectivity index (χ2v) is 11.8. The van der Waals surface area contributed by atoms with Gasteiger partial charge in [-0.05, 0) is 42.5 Å². The molecule has 6 atom stereocenters. The monoisotopic (exact) mass is 643 g/mol. The van der Waals surface area contributed by atoms with Crippen molar-refractivity contribution in [3.05, 3.63) is 73.8 Å². The predicted octanol–water partition coefficient (Wildman–Crippen LogP) is 5.24. The van der Waals surface area contributed by atoms with Crippen LogP contribution in [0.2, 0.25) is 10.0 Å². The van der Waals surface area contributed by atoms with Crippen molar-refractivity contribution < 1.29 is 19.3 Å². The lowest BCUT2D eigenvalue weighted by atomic mass is 9.81. The number of hydrogen-bond acceptors (Lipinski definition) is 5. The molecular formula is C23H17Br2Cl2N3O5. The van der Waals surface area contributed by atoms with Crippen molar-refractivity contribution in [2.45, 2.75) is 22.6 Å². The number of carbonyl (C=O) groups is 3. The lowest BCUT2D eigenvalue weighted by Crippen LogP contribution is -2.50. The summed E-state index contributed by atoms with van der Waals surface area (Å²) in [6.07, 6.45) is 0.730. The number of imide groups is 1. The molecule has 0 aromatic heterocycles. The van der Waals surface area contributed by atoms with Crippen molar-refractivity contribution in [3.8, 4) is 0 Å². The summed E-state index contributed by atoms with van der Waals surface area (Å²) < 4.78 is 0. The Morgan fingerprint density at radius 1 is 1.06 bits per heavy atom. The van der Waals surface area contributed by atoms with Gasteiger partial charge in [0.25, 0.3) is 23.4 Å². The minimum absolute atomic E-state index is 0.0236. The molecule has 35 heavy (non-hydrogen) atoms. The lowest BCUT2D eigenvalue weighted by Gasteiger charge is -2.31. The van der Waals surface area contributed by atoms with Gasteiger partial charge in [0.15, 0.2) is 0 Å². The minimum atomic E-state index is -0.709. The number of hydrogen-bond donors (Lipinski definition) is 0. The first-order valence-electron chi connectivity index (χ1n) is 10.8. The molecule has 1 aliphatic heterocycles. The van der Waals surface area contributed by atoms with Crippen LogP contribution in [-0.2, 0) is 16.1 Å². The summed E-state index contributed by atoms with van der Waals surface area (Å²) in [5.74, 6) is -2.91. The van der Waals surface area contributed by atoms with Gasteiger partial charge in [0, 0.05) is 20.7 Å². The highest BCUT2D eigenvalue weighted by Gasteiger charge is 2.67. The molecule has 12 heteroatoms. The maximum atomic E-state index is 13.7. The zero-order chi connectivity index (χ0) is 25.2. The van der Waals surface area contributed by atoms with E-state index < -0.39 is 34.5 Å². The molecule has 0 N–H and O–H groups in total. The van der Waals surface area contributed by atoms with Gasteiger partial charge in [-0.2, -0.15) is 5.01 Å². The molecule has 0 spiro atoms. The molecule has 2 aromatic carbocycles. The van der Waals surface area contributed by atoms with E-state index in [1.165, 1.54) is 30.3 Å². The van der Waals surface area contributed by atoms with Crippen molar-refractivity contribution >= 4 is 78.5 Å². The van der Waals surface area contributed by atoms with Crippen LogP contribution < -0.4 is 0 Å². The summed E-state index contributed by atoms with van der Waals surface area (Å²) in [6, 6.07) is 10.3. The van der Waals surface area contributed by atoms with Crippen molar-refractivity contribution in [2.24, 2.45) is 23.7 Å². The number of nitro groups is 1. The molecule has 3 aliphatic rings. The Labute approximate surface area is 226 Å². The number of nitrogens with zero attached hydrogens (tertiary/aromatic N) is 3. The topological polar surface area (TPSA) is 101 Å². The van der Waals surface area contributed by atoms with Gasteiger partial charge in [0.1, 0.15) is 0 Å². The molecule has 3 amide bonds. The van der Waals surface area contributed by atoms with Gasteiger partial charge < -0.3 is 0 Å². The Morgan fingerprint density at radius 3 is 2.23 bits per heavy atom. The summed E-state index contributed by atoms with van der Waals surface area (Å²) in [4.78, 5) is 52.1. The van der Waals surface area contributed by atoms with Gasteiger partial charge in [-0.25, -0.2) is 5.01 Å². The third kappa shape index (κ3) is 3.89. The smallest absolute Gasteiger partial charge is 0.272 e. The fraction of sp³-hybridized carbons (Fsp3) is 0.348. The number of benzene rings is 2. The van der Waals surface area contributed by atoms with E-state index in [0.29, 0.717) is 0 Å². The molecule has 5 rings (SSSR count). The SMILES string of the molecule is O=C(c1ccccc1Cl)N(Cc1ccc(Cl)cc1[N+](=O)[O-])N1C(=O)[C@@H]2[C@H]3C[C@@H]([C@H](Br)[C@@H]3Br)[C@@H]2C1=O. The maximum absolute atomic E-state index is 13.7.